The van der Waals surface area contributed by atoms with Crippen LogP contribution in [0.5, 0.6) is 11.5 Å². The van der Waals surface area contributed by atoms with Crippen LogP contribution < -0.4 is 24.8 Å². The standard InChI is InChI=1S/C24H35N3O5S2.C23H33N3O5S2.CH3I/c1-15(2)32-23(28)26-17-9-7-16(8-10-17)22-25-14-20(33-22)19-12-11-18(31-6)13-21(19)34(29,30)27-24(3,4)5;1-14(2)31-22(28)25-16-8-6-15(7-9-16)21-24-13-19(32-21)18-11-10-17(27)12-20(18)33(29,30)26-23(3,4)5;1-2/h11-17,27H,7-10H2,1-6H3,(H,26,28);10-16,26-27H,6-9H2,1-5H3,(H,25,28);1H3. The molecule has 2 aliphatic rings. The first-order valence-electron chi connectivity index (χ1n) is 23.0. The van der Waals surface area contributed by atoms with Gasteiger partial charge in [-0.25, -0.2) is 45.8 Å². The van der Waals surface area contributed by atoms with Crippen LogP contribution in [-0.4, -0.2) is 91.5 Å². The van der Waals surface area contributed by atoms with Gasteiger partial charge in [0.25, 0.3) is 0 Å². The van der Waals surface area contributed by atoms with Gasteiger partial charge in [-0.15, -0.1) is 22.7 Å². The predicted molar refractivity (Wildman–Crippen MR) is 283 cm³/mol. The van der Waals surface area contributed by atoms with Crippen molar-refractivity contribution in [3.05, 3.63) is 58.8 Å². The molecule has 0 radical (unpaired) electrons. The number of hydrogen-bond acceptors (Lipinski definition) is 14. The van der Waals surface area contributed by atoms with Crippen LogP contribution in [0.15, 0.2) is 58.6 Å². The molecule has 0 spiro atoms. The number of nitrogens with zero attached hydrogens (tertiary/aromatic N) is 2. The lowest BCUT2D eigenvalue weighted by Crippen LogP contribution is -2.40. The monoisotopic (exact) mass is 1150 g/mol. The van der Waals surface area contributed by atoms with Gasteiger partial charge in [0, 0.05) is 70.7 Å². The summed E-state index contributed by atoms with van der Waals surface area (Å²) in [5.41, 5.74) is -0.158. The number of hydrogen-bond donors (Lipinski definition) is 5. The van der Waals surface area contributed by atoms with Crippen molar-refractivity contribution in [1.29, 1.82) is 0 Å². The summed E-state index contributed by atoms with van der Waals surface area (Å²) < 4.78 is 73.4. The quantitative estimate of drug-likeness (QED) is 0.0623. The fraction of sp³-hybridized carbons (Fsp3) is 0.583. The molecule has 0 atom stereocenters. The number of halogens is 1. The molecule has 21 heteroatoms. The van der Waals surface area contributed by atoms with Crippen LogP contribution in [0.1, 0.15) is 142 Å². The van der Waals surface area contributed by atoms with E-state index < -0.39 is 31.1 Å². The van der Waals surface area contributed by atoms with Gasteiger partial charge in [0.1, 0.15) is 11.5 Å². The van der Waals surface area contributed by atoms with Gasteiger partial charge in [-0.1, -0.05) is 22.6 Å². The molecule has 2 aromatic carbocycles. The third kappa shape index (κ3) is 17.9. The molecule has 4 aromatic rings. The smallest absolute Gasteiger partial charge is 0.407 e. The molecule has 384 valence electrons. The van der Waals surface area contributed by atoms with E-state index >= 15 is 0 Å². The second-order valence-corrected chi connectivity index (χ2v) is 25.1. The van der Waals surface area contributed by atoms with Crippen LogP contribution in [0.4, 0.5) is 9.59 Å². The molecule has 5 N–H and O–H groups in total. The van der Waals surface area contributed by atoms with Crippen molar-refractivity contribution in [3.63, 3.8) is 0 Å². The van der Waals surface area contributed by atoms with Crippen molar-refractivity contribution in [2.45, 2.75) is 178 Å². The van der Waals surface area contributed by atoms with E-state index in [0.29, 0.717) is 16.9 Å². The Kier molecular flexibility index (Phi) is 21.1. The average Bonchev–Trinajstić information content (AvgIpc) is 3.94. The zero-order valence-electron chi connectivity index (χ0n) is 41.8. The number of benzene rings is 2. The summed E-state index contributed by atoms with van der Waals surface area (Å²) in [5.74, 6) is 0.904. The Bertz CT molecular complexity index is 2540. The maximum atomic E-state index is 13.2. The van der Waals surface area contributed by atoms with Crippen LogP contribution in [0.25, 0.3) is 20.9 Å². The van der Waals surface area contributed by atoms with Gasteiger partial charge < -0.3 is 30.0 Å². The van der Waals surface area contributed by atoms with Crippen molar-refractivity contribution in [2.24, 2.45) is 0 Å². The normalized spacial score (nSPS) is 18.8. The molecule has 0 aliphatic heterocycles. The highest BCUT2D eigenvalue weighted by molar-refractivity contribution is 14.1. The lowest BCUT2D eigenvalue weighted by atomic mass is 9.86. The number of methoxy groups -OCH3 is 1. The number of aromatic hydroxyl groups is 1. The Hall–Kier alpha value is -3.61. The molecular weight excluding hydrogens is 1080 g/mol. The molecule has 16 nitrogen and oxygen atoms in total. The van der Waals surface area contributed by atoms with Crippen molar-refractivity contribution in [2.75, 3.05) is 12.0 Å². The third-order valence-corrected chi connectivity index (χ3v) is 16.7. The summed E-state index contributed by atoms with van der Waals surface area (Å²) in [6.07, 6.45) is 9.35. The van der Waals surface area contributed by atoms with Crippen molar-refractivity contribution in [1.82, 2.24) is 30.0 Å². The van der Waals surface area contributed by atoms with E-state index in [0.717, 1.165) is 71.1 Å². The van der Waals surface area contributed by atoms with Gasteiger partial charge in [0.05, 0.1) is 48.9 Å². The number of alkyl halides is 1. The second kappa shape index (κ2) is 25.2. The zero-order valence-corrected chi connectivity index (χ0v) is 47.2. The maximum absolute atomic E-state index is 13.2. The Balaban J connectivity index is 0.000000290. The zero-order chi connectivity index (χ0) is 51.5. The number of alkyl carbamates (subject to hydrolysis) is 2. The first-order valence-corrected chi connectivity index (χ1v) is 29.8. The molecule has 2 fully saturated rings. The number of aromatic nitrogens is 2. The number of ether oxygens (including phenoxy) is 3. The molecule has 2 amide bonds. The minimum Gasteiger partial charge on any atom is -0.508 e. The molecule has 0 unspecified atom stereocenters. The van der Waals surface area contributed by atoms with E-state index in [2.05, 4.69) is 52.6 Å². The topological polar surface area (TPSA) is 224 Å². The number of carbonyl (C=O) groups is 2. The van der Waals surface area contributed by atoms with E-state index in [4.69, 9.17) is 14.2 Å². The highest BCUT2D eigenvalue weighted by atomic mass is 127. The summed E-state index contributed by atoms with van der Waals surface area (Å²) in [6.45, 7) is 18.0. The summed E-state index contributed by atoms with van der Waals surface area (Å²) >= 11 is 5.14. The lowest BCUT2D eigenvalue weighted by Gasteiger charge is -2.28. The average molecular weight is 1150 g/mol. The fourth-order valence-corrected chi connectivity index (χ4v) is 13.6. The molecule has 2 aromatic heterocycles. The molecule has 0 bridgehead atoms. The summed E-state index contributed by atoms with van der Waals surface area (Å²) in [5, 5.41) is 17.8. The van der Waals surface area contributed by atoms with Gasteiger partial charge in [0.2, 0.25) is 20.0 Å². The fourth-order valence-electron chi connectivity index (χ4n) is 7.91. The van der Waals surface area contributed by atoms with Crippen molar-refractivity contribution >= 4 is 77.5 Å². The van der Waals surface area contributed by atoms with Gasteiger partial charge in [-0.3, -0.25) is 0 Å². The number of phenolic OH excluding ortho intramolecular Hbond substituents is 1. The number of carbonyl (C=O) groups excluding carboxylic acids is 2. The number of nitrogens with one attached hydrogen (secondary N) is 4. The first-order chi connectivity index (χ1) is 32.2. The molecule has 2 saturated carbocycles. The van der Waals surface area contributed by atoms with Crippen LogP contribution in [0.2, 0.25) is 0 Å². The Morgan fingerprint density at radius 2 is 1.03 bits per heavy atom. The lowest BCUT2D eigenvalue weighted by molar-refractivity contribution is 0.108. The van der Waals surface area contributed by atoms with E-state index in [9.17, 15) is 31.5 Å². The van der Waals surface area contributed by atoms with E-state index in [1.54, 1.807) is 57.4 Å². The minimum absolute atomic E-state index is 0.0317. The number of thiazole rings is 2. The van der Waals surface area contributed by atoms with E-state index in [1.165, 1.54) is 41.9 Å². The maximum Gasteiger partial charge on any atom is 0.407 e. The minimum atomic E-state index is -3.85. The summed E-state index contributed by atoms with van der Waals surface area (Å²) in [4.78, 5) is 36.7. The van der Waals surface area contributed by atoms with Crippen molar-refractivity contribution < 1.29 is 45.7 Å². The van der Waals surface area contributed by atoms with Crippen LogP contribution >= 0.6 is 45.3 Å². The van der Waals surface area contributed by atoms with Gasteiger partial charge in [-0.2, -0.15) is 0 Å². The Morgan fingerprint density at radius 1 is 0.652 bits per heavy atom. The molecule has 2 aliphatic carbocycles. The van der Waals surface area contributed by atoms with Gasteiger partial charge in [-0.05, 0) is 150 Å². The summed E-state index contributed by atoms with van der Waals surface area (Å²) in [6, 6.07) is 9.65. The number of sulfonamides is 2. The summed E-state index contributed by atoms with van der Waals surface area (Å²) in [7, 11) is -6.11. The van der Waals surface area contributed by atoms with Gasteiger partial charge in [0.15, 0.2) is 0 Å². The second-order valence-electron chi connectivity index (χ2n) is 19.7. The van der Waals surface area contributed by atoms with Crippen LogP contribution in [0, 0.1) is 0 Å². The molecule has 0 saturated heterocycles. The molecule has 6 rings (SSSR count). The Labute approximate surface area is 431 Å². The predicted octanol–water partition coefficient (Wildman–Crippen LogP) is 10.9. The molecule has 2 heterocycles. The molecule has 69 heavy (non-hydrogen) atoms. The van der Waals surface area contributed by atoms with Crippen LogP contribution in [-0.2, 0) is 29.5 Å². The largest absolute Gasteiger partial charge is 0.508 e. The van der Waals surface area contributed by atoms with Crippen molar-refractivity contribution in [3.8, 4) is 32.4 Å². The van der Waals surface area contributed by atoms with E-state index in [-0.39, 0.29) is 63.9 Å². The van der Waals surface area contributed by atoms with E-state index in [1.807, 2.05) is 53.4 Å². The Morgan fingerprint density at radius 3 is 1.39 bits per heavy atom. The highest BCUT2D eigenvalue weighted by Crippen LogP contribution is 2.42. The third-order valence-electron chi connectivity index (χ3n) is 10.7. The SMILES string of the molecule is CC(C)OC(=O)NC1CCC(c2ncc(-c3ccc(O)cc3S(=O)(=O)NC(C)(C)C)s2)CC1.CI.COc1ccc(-c2cnc(C3CCC(NC(=O)OC(C)C)CC3)s2)c(S(=O)(=O)NC(C)(C)C)c1. The number of phenols is 1. The first kappa shape index (κ1) is 58.0. The highest BCUT2D eigenvalue weighted by Gasteiger charge is 2.31. The van der Waals surface area contributed by atoms with Crippen LogP contribution in [0.3, 0.4) is 0 Å². The number of rotatable bonds is 13. The number of amides is 2. The molecular formula is C48H71IN6O10S4. The van der Waals surface area contributed by atoms with Gasteiger partial charge >= 0.3 is 12.2 Å².